The molecule has 7 heteroatoms. The van der Waals surface area contributed by atoms with E-state index in [1.165, 1.54) is 24.3 Å². The summed E-state index contributed by atoms with van der Waals surface area (Å²) in [5, 5.41) is 19.6. The van der Waals surface area contributed by atoms with Crippen LogP contribution in [-0.2, 0) is 0 Å². The topological polar surface area (TPSA) is 104 Å². The van der Waals surface area contributed by atoms with Gasteiger partial charge in [0, 0.05) is 6.54 Å². The summed E-state index contributed by atoms with van der Waals surface area (Å²) in [6.45, 7) is 0.645. The van der Waals surface area contributed by atoms with E-state index in [2.05, 4.69) is 0 Å². The Balaban J connectivity index is 1.81. The van der Waals surface area contributed by atoms with Gasteiger partial charge in [-0.25, -0.2) is 0 Å². The lowest BCUT2D eigenvalue weighted by Gasteiger charge is -2.36. The molecule has 1 atom stereocenters. The molecule has 28 heavy (non-hydrogen) atoms. The van der Waals surface area contributed by atoms with Crippen molar-refractivity contribution >= 4 is 18.5 Å². The standard InChI is InChI=1S/C21H21NO6/c23-11-16-15(6-3-7-18(16)25)21(27)22-10-2-1-5-14(22)13-28-20-9-4-8-19(26)17(20)12-24/h3-4,6-9,11-12,14,25-26H,1-2,5,10,13H2. The molecule has 2 aromatic rings. The number of hydrogen-bond acceptors (Lipinski definition) is 6. The first-order valence-corrected chi connectivity index (χ1v) is 9.05. The second-order valence-electron chi connectivity index (χ2n) is 6.62. The molecule has 1 unspecified atom stereocenters. The molecule has 1 amide bonds. The molecule has 1 fully saturated rings. The maximum absolute atomic E-state index is 13.0. The van der Waals surface area contributed by atoms with E-state index in [0.29, 0.717) is 25.5 Å². The molecule has 1 aliphatic heterocycles. The van der Waals surface area contributed by atoms with E-state index >= 15 is 0 Å². The molecular formula is C21H21NO6. The van der Waals surface area contributed by atoms with Gasteiger partial charge in [0.05, 0.1) is 22.7 Å². The predicted octanol–water partition coefficient (Wildman–Crippen LogP) is 2.80. The minimum absolute atomic E-state index is 0.0334. The number of ether oxygens (including phenoxy) is 1. The molecule has 0 aromatic heterocycles. The molecule has 2 N–H and O–H groups in total. The molecule has 0 spiro atoms. The average Bonchev–Trinajstić information content (AvgIpc) is 2.71. The van der Waals surface area contributed by atoms with E-state index < -0.39 is 0 Å². The summed E-state index contributed by atoms with van der Waals surface area (Å²) in [7, 11) is 0. The van der Waals surface area contributed by atoms with Crippen LogP contribution in [0.25, 0.3) is 0 Å². The van der Waals surface area contributed by atoms with Crippen LogP contribution in [0.3, 0.4) is 0 Å². The zero-order valence-electron chi connectivity index (χ0n) is 15.2. The van der Waals surface area contributed by atoms with Gasteiger partial charge in [0.15, 0.2) is 12.6 Å². The van der Waals surface area contributed by atoms with Crippen LogP contribution in [0, 0.1) is 0 Å². The Hall–Kier alpha value is -3.35. The Morgan fingerprint density at radius 2 is 1.71 bits per heavy atom. The maximum atomic E-state index is 13.0. The molecule has 3 rings (SSSR count). The maximum Gasteiger partial charge on any atom is 0.255 e. The third-order valence-corrected chi connectivity index (χ3v) is 4.91. The Labute approximate surface area is 162 Å². The largest absolute Gasteiger partial charge is 0.507 e. The highest BCUT2D eigenvalue weighted by atomic mass is 16.5. The minimum Gasteiger partial charge on any atom is -0.507 e. The van der Waals surface area contributed by atoms with Crippen molar-refractivity contribution in [2.45, 2.75) is 25.3 Å². The van der Waals surface area contributed by atoms with Crippen LogP contribution in [0.2, 0.25) is 0 Å². The number of phenolic OH excluding ortho intramolecular Hbond substituents is 2. The van der Waals surface area contributed by atoms with Gasteiger partial charge in [-0.05, 0) is 43.5 Å². The van der Waals surface area contributed by atoms with Gasteiger partial charge in [-0.3, -0.25) is 14.4 Å². The van der Waals surface area contributed by atoms with E-state index in [0.717, 1.165) is 12.8 Å². The molecule has 1 aliphatic rings. The first kappa shape index (κ1) is 19.4. The lowest BCUT2D eigenvalue weighted by atomic mass is 9.99. The Morgan fingerprint density at radius 1 is 1.04 bits per heavy atom. The molecule has 1 heterocycles. The molecule has 2 aromatic carbocycles. The van der Waals surface area contributed by atoms with Crippen LogP contribution in [0.15, 0.2) is 36.4 Å². The summed E-state index contributed by atoms with van der Waals surface area (Å²) < 4.78 is 5.74. The van der Waals surface area contributed by atoms with E-state index in [4.69, 9.17) is 4.74 Å². The molecule has 0 radical (unpaired) electrons. The van der Waals surface area contributed by atoms with Gasteiger partial charge in [0.2, 0.25) is 0 Å². The highest BCUT2D eigenvalue weighted by Gasteiger charge is 2.30. The highest BCUT2D eigenvalue weighted by molar-refractivity contribution is 6.03. The lowest BCUT2D eigenvalue weighted by Crippen LogP contribution is -2.47. The van der Waals surface area contributed by atoms with Crippen LogP contribution in [-0.4, -0.2) is 52.8 Å². The third-order valence-electron chi connectivity index (χ3n) is 4.91. The second kappa shape index (κ2) is 8.56. The summed E-state index contributed by atoms with van der Waals surface area (Å²) in [4.78, 5) is 37.2. The van der Waals surface area contributed by atoms with Gasteiger partial charge in [-0.15, -0.1) is 0 Å². The molecule has 1 saturated heterocycles. The van der Waals surface area contributed by atoms with Crippen LogP contribution >= 0.6 is 0 Å². The normalized spacial score (nSPS) is 16.4. The zero-order valence-corrected chi connectivity index (χ0v) is 15.2. The summed E-state index contributed by atoms with van der Waals surface area (Å²) in [5.41, 5.74) is 0.175. The zero-order chi connectivity index (χ0) is 20.1. The smallest absolute Gasteiger partial charge is 0.255 e. The summed E-state index contributed by atoms with van der Waals surface area (Å²) >= 11 is 0. The minimum atomic E-state index is -0.349. The number of nitrogens with zero attached hydrogens (tertiary/aromatic N) is 1. The molecule has 7 nitrogen and oxygen atoms in total. The summed E-state index contributed by atoms with van der Waals surface area (Å²) in [6.07, 6.45) is 3.44. The van der Waals surface area contributed by atoms with Crippen molar-refractivity contribution in [3.05, 3.63) is 53.1 Å². The van der Waals surface area contributed by atoms with Crippen molar-refractivity contribution in [2.24, 2.45) is 0 Å². The van der Waals surface area contributed by atoms with Crippen molar-refractivity contribution in [1.29, 1.82) is 0 Å². The highest BCUT2D eigenvalue weighted by Crippen LogP contribution is 2.28. The molecular weight excluding hydrogens is 362 g/mol. The first-order valence-electron chi connectivity index (χ1n) is 9.05. The number of carbonyl (C=O) groups is 3. The van der Waals surface area contributed by atoms with E-state index in [1.54, 1.807) is 17.0 Å². The van der Waals surface area contributed by atoms with Gasteiger partial charge in [-0.1, -0.05) is 12.1 Å². The number of likely N-dealkylation sites (tertiary alicyclic amines) is 1. The SMILES string of the molecule is O=Cc1c(O)cccc1OCC1CCCCN1C(=O)c1cccc(O)c1C=O. The van der Waals surface area contributed by atoms with Crippen LogP contribution in [0.1, 0.15) is 50.3 Å². The number of rotatable bonds is 6. The summed E-state index contributed by atoms with van der Waals surface area (Å²) in [5.74, 6) is -0.503. The van der Waals surface area contributed by atoms with Crippen molar-refractivity contribution in [2.75, 3.05) is 13.2 Å². The molecule has 0 saturated carbocycles. The van der Waals surface area contributed by atoms with E-state index in [-0.39, 0.29) is 52.5 Å². The number of amides is 1. The Morgan fingerprint density at radius 3 is 2.43 bits per heavy atom. The predicted molar refractivity (Wildman–Crippen MR) is 101 cm³/mol. The quantitative estimate of drug-likeness (QED) is 0.744. The fourth-order valence-electron chi connectivity index (χ4n) is 3.42. The van der Waals surface area contributed by atoms with Crippen LogP contribution < -0.4 is 4.74 Å². The van der Waals surface area contributed by atoms with Crippen LogP contribution in [0.5, 0.6) is 17.2 Å². The lowest BCUT2D eigenvalue weighted by molar-refractivity contribution is 0.0524. The van der Waals surface area contributed by atoms with Crippen LogP contribution in [0.4, 0.5) is 0 Å². The van der Waals surface area contributed by atoms with E-state index in [1.807, 2.05) is 0 Å². The van der Waals surface area contributed by atoms with Crippen molar-refractivity contribution in [3.8, 4) is 17.2 Å². The number of carbonyl (C=O) groups excluding carboxylic acids is 3. The number of hydrogen-bond donors (Lipinski definition) is 2. The fourth-order valence-corrected chi connectivity index (χ4v) is 3.42. The number of piperidine rings is 1. The van der Waals surface area contributed by atoms with Gasteiger partial charge in [0.1, 0.15) is 23.9 Å². The summed E-state index contributed by atoms with van der Waals surface area (Å²) in [6, 6.07) is 8.69. The van der Waals surface area contributed by atoms with Gasteiger partial charge < -0.3 is 19.8 Å². The van der Waals surface area contributed by atoms with Gasteiger partial charge >= 0.3 is 0 Å². The number of aromatic hydroxyl groups is 2. The fraction of sp³-hybridized carbons (Fsp3) is 0.286. The van der Waals surface area contributed by atoms with Gasteiger partial charge in [-0.2, -0.15) is 0 Å². The Bertz CT molecular complexity index is 894. The molecule has 0 aliphatic carbocycles. The first-order chi connectivity index (χ1) is 13.6. The number of aldehydes is 2. The number of benzene rings is 2. The van der Waals surface area contributed by atoms with Crippen molar-refractivity contribution in [3.63, 3.8) is 0 Å². The average molecular weight is 383 g/mol. The molecule has 146 valence electrons. The second-order valence-corrected chi connectivity index (χ2v) is 6.62. The number of phenols is 2. The Kier molecular flexibility index (Phi) is 5.93. The monoisotopic (exact) mass is 383 g/mol. The van der Waals surface area contributed by atoms with Crippen molar-refractivity contribution < 1.29 is 29.3 Å². The third kappa shape index (κ3) is 3.83. The van der Waals surface area contributed by atoms with Gasteiger partial charge in [0.25, 0.3) is 5.91 Å². The van der Waals surface area contributed by atoms with E-state index in [9.17, 15) is 24.6 Å². The van der Waals surface area contributed by atoms with Crippen molar-refractivity contribution in [1.82, 2.24) is 4.90 Å². The molecule has 0 bridgehead atoms.